The second kappa shape index (κ2) is 8.98. The molecule has 1 fully saturated rings. The van der Waals surface area contributed by atoms with Gasteiger partial charge in [0.05, 0.1) is 17.5 Å². The predicted octanol–water partition coefficient (Wildman–Crippen LogP) is 2.04. The van der Waals surface area contributed by atoms with Crippen molar-refractivity contribution in [3.8, 4) is 11.5 Å². The highest BCUT2D eigenvalue weighted by Gasteiger charge is 2.20. The molecular formula is C22H23FN8O3. The lowest BCUT2D eigenvalue weighted by Gasteiger charge is -2.36. The largest absolute Gasteiger partial charge is 0.478 e. The van der Waals surface area contributed by atoms with Crippen LogP contribution in [0.4, 0.5) is 22.0 Å². The number of hydrogen-bond donors (Lipinski definition) is 3. The number of carboxylic acids is 1. The van der Waals surface area contributed by atoms with Crippen molar-refractivity contribution in [1.82, 2.24) is 24.5 Å². The Kier molecular flexibility index (Phi) is 5.72. The zero-order valence-electron chi connectivity index (χ0n) is 18.2. The van der Waals surface area contributed by atoms with Gasteiger partial charge >= 0.3 is 5.97 Å². The van der Waals surface area contributed by atoms with Crippen LogP contribution >= 0.6 is 0 Å². The van der Waals surface area contributed by atoms with Gasteiger partial charge in [0.25, 0.3) is 0 Å². The maximum atomic E-state index is 14.3. The highest BCUT2D eigenvalue weighted by molar-refractivity contribution is 5.88. The van der Waals surface area contributed by atoms with Crippen LogP contribution in [0.25, 0.3) is 17.1 Å². The van der Waals surface area contributed by atoms with Crippen molar-refractivity contribution in [1.29, 1.82) is 0 Å². The Morgan fingerprint density at radius 3 is 2.71 bits per heavy atom. The molecule has 1 aliphatic heterocycles. The Bertz CT molecular complexity index is 1320. The summed E-state index contributed by atoms with van der Waals surface area (Å²) in [7, 11) is 0. The highest BCUT2D eigenvalue weighted by Crippen LogP contribution is 2.23. The number of piperazine rings is 1. The number of nitrogens with two attached hydrogens (primary N) is 1. The molecule has 4 N–H and O–H groups in total. The Morgan fingerprint density at radius 2 is 2.00 bits per heavy atom. The number of fused-ring (bicyclic) bond motifs is 1. The summed E-state index contributed by atoms with van der Waals surface area (Å²) in [6.07, 6.45) is 1.58. The van der Waals surface area contributed by atoms with E-state index in [1.165, 1.54) is 16.6 Å². The molecule has 1 aliphatic rings. The molecule has 0 saturated carbocycles. The molecule has 0 aliphatic carbocycles. The van der Waals surface area contributed by atoms with E-state index in [-0.39, 0.29) is 11.5 Å². The predicted molar refractivity (Wildman–Crippen MR) is 123 cm³/mol. The van der Waals surface area contributed by atoms with Crippen molar-refractivity contribution in [3.05, 3.63) is 54.0 Å². The molecule has 0 bridgehead atoms. The van der Waals surface area contributed by atoms with E-state index in [0.717, 1.165) is 25.7 Å². The number of hydrogen-bond acceptors (Lipinski definition) is 9. The van der Waals surface area contributed by atoms with Crippen LogP contribution in [0.3, 0.4) is 0 Å². The smallest absolute Gasteiger partial charge is 0.335 e. The van der Waals surface area contributed by atoms with Crippen LogP contribution in [0.2, 0.25) is 0 Å². The summed E-state index contributed by atoms with van der Waals surface area (Å²) in [6, 6.07) is 9.40. The van der Waals surface area contributed by atoms with Gasteiger partial charge in [0, 0.05) is 45.3 Å². The van der Waals surface area contributed by atoms with E-state index in [9.17, 15) is 9.18 Å². The molecule has 0 radical (unpaired) electrons. The van der Waals surface area contributed by atoms with Crippen molar-refractivity contribution >= 4 is 29.2 Å². The first-order chi connectivity index (χ1) is 16.5. The third-order valence-electron chi connectivity index (χ3n) is 5.74. The van der Waals surface area contributed by atoms with Gasteiger partial charge in [-0.2, -0.15) is 19.6 Å². The maximum Gasteiger partial charge on any atom is 0.335 e. The third kappa shape index (κ3) is 4.35. The number of benzene rings is 1. The van der Waals surface area contributed by atoms with E-state index in [0.29, 0.717) is 48.4 Å². The molecule has 11 nitrogen and oxygen atoms in total. The second-order valence-electron chi connectivity index (χ2n) is 7.91. The van der Waals surface area contributed by atoms with Crippen LogP contribution in [0.5, 0.6) is 0 Å². The minimum atomic E-state index is -1.14. The molecule has 34 heavy (non-hydrogen) atoms. The molecule has 1 saturated heterocycles. The Balaban J connectivity index is 1.15. The van der Waals surface area contributed by atoms with Gasteiger partial charge in [0.15, 0.2) is 11.4 Å². The van der Waals surface area contributed by atoms with Gasteiger partial charge in [0.2, 0.25) is 11.9 Å². The van der Waals surface area contributed by atoms with E-state index in [1.54, 1.807) is 18.4 Å². The van der Waals surface area contributed by atoms with E-state index in [1.807, 2.05) is 11.0 Å². The van der Waals surface area contributed by atoms with Crippen molar-refractivity contribution in [3.63, 3.8) is 0 Å². The van der Waals surface area contributed by atoms with Gasteiger partial charge < -0.3 is 25.5 Å². The second-order valence-corrected chi connectivity index (χ2v) is 7.91. The molecule has 0 atom stereocenters. The van der Waals surface area contributed by atoms with Gasteiger partial charge in [-0.15, -0.1) is 0 Å². The van der Waals surface area contributed by atoms with Crippen LogP contribution in [-0.4, -0.2) is 74.8 Å². The Morgan fingerprint density at radius 1 is 1.18 bits per heavy atom. The summed E-state index contributed by atoms with van der Waals surface area (Å²) in [5, 5.41) is 16.6. The number of carbonyl (C=O) groups is 1. The average molecular weight is 466 g/mol. The van der Waals surface area contributed by atoms with E-state index < -0.39 is 11.8 Å². The van der Waals surface area contributed by atoms with Gasteiger partial charge in [-0.05, 0) is 30.3 Å². The van der Waals surface area contributed by atoms with Crippen molar-refractivity contribution in [2.75, 3.05) is 55.2 Å². The number of nitrogens with zero attached hydrogens (tertiary/aromatic N) is 6. The lowest BCUT2D eigenvalue weighted by Crippen LogP contribution is -2.48. The first-order valence-corrected chi connectivity index (χ1v) is 10.8. The SMILES string of the molecule is Nc1nc(NCCN2CCN(c3ccc(C(=O)O)cc3F)CC2)nc2cc(-c3ccco3)nn12. The number of nitrogens with one attached hydrogen (secondary N) is 1. The normalized spacial score (nSPS) is 14.6. The zero-order valence-corrected chi connectivity index (χ0v) is 18.2. The number of aromatic nitrogens is 4. The van der Waals surface area contributed by atoms with E-state index in [4.69, 9.17) is 15.3 Å². The minimum Gasteiger partial charge on any atom is -0.478 e. The molecule has 1 aromatic carbocycles. The van der Waals surface area contributed by atoms with Crippen molar-refractivity contribution in [2.45, 2.75) is 0 Å². The molecule has 0 unspecified atom stereocenters. The molecule has 3 aromatic heterocycles. The Labute approximate surface area is 193 Å². The summed E-state index contributed by atoms with van der Waals surface area (Å²) >= 11 is 0. The van der Waals surface area contributed by atoms with Gasteiger partial charge in [-0.3, -0.25) is 4.90 Å². The minimum absolute atomic E-state index is 0.0554. The van der Waals surface area contributed by atoms with Crippen LogP contribution in [0, 0.1) is 5.82 Å². The molecule has 176 valence electrons. The van der Waals surface area contributed by atoms with Crippen molar-refractivity contribution in [2.24, 2.45) is 0 Å². The maximum absolute atomic E-state index is 14.3. The highest BCUT2D eigenvalue weighted by atomic mass is 19.1. The standard InChI is InChI=1S/C22H23FN8O3/c23-15-12-14(20(32)33)3-4-17(15)30-9-7-29(8-10-30)6-5-25-22-26-19-13-16(18-2-1-11-34-18)28-31(19)21(24)27-22/h1-4,11-13H,5-10H2,(H,32,33)(H3,24,25,26,27). The van der Waals surface area contributed by atoms with Gasteiger partial charge in [-0.1, -0.05) is 0 Å². The Hall–Kier alpha value is -4.19. The van der Waals surface area contributed by atoms with E-state index in [2.05, 4.69) is 25.3 Å². The van der Waals surface area contributed by atoms with Gasteiger partial charge in [-0.25, -0.2) is 9.18 Å². The summed E-state index contributed by atoms with van der Waals surface area (Å²) in [5.41, 5.74) is 7.60. The van der Waals surface area contributed by atoms with E-state index >= 15 is 0 Å². The molecule has 0 amide bonds. The number of nitrogen functional groups attached to an aromatic ring is 1. The number of carboxylic acid groups (broad SMARTS) is 1. The number of furan rings is 1. The fourth-order valence-corrected chi connectivity index (χ4v) is 3.97. The monoisotopic (exact) mass is 466 g/mol. The van der Waals surface area contributed by atoms with Crippen LogP contribution in [-0.2, 0) is 0 Å². The number of rotatable bonds is 7. The molecule has 0 spiro atoms. The molecule has 5 rings (SSSR count). The molecule has 4 heterocycles. The lowest BCUT2D eigenvalue weighted by atomic mass is 10.1. The van der Waals surface area contributed by atoms with Crippen LogP contribution < -0.4 is 16.0 Å². The number of anilines is 3. The summed E-state index contributed by atoms with van der Waals surface area (Å²) in [6.45, 7) is 4.14. The van der Waals surface area contributed by atoms with Crippen molar-refractivity contribution < 1.29 is 18.7 Å². The summed E-state index contributed by atoms with van der Waals surface area (Å²) in [5.74, 6) is -0.407. The summed E-state index contributed by atoms with van der Waals surface area (Å²) in [4.78, 5) is 23.9. The zero-order chi connectivity index (χ0) is 23.7. The number of halogens is 1. The summed E-state index contributed by atoms with van der Waals surface area (Å²) < 4.78 is 21.2. The number of aromatic carboxylic acids is 1. The quantitative estimate of drug-likeness (QED) is 0.371. The first-order valence-electron chi connectivity index (χ1n) is 10.8. The molecular weight excluding hydrogens is 443 g/mol. The van der Waals surface area contributed by atoms with Crippen LogP contribution in [0.15, 0.2) is 47.1 Å². The fourth-order valence-electron chi connectivity index (χ4n) is 3.97. The molecule has 12 heteroatoms. The first kappa shape index (κ1) is 21.6. The third-order valence-corrected chi connectivity index (χ3v) is 5.74. The lowest BCUT2D eigenvalue weighted by molar-refractivity contribution is 0.0696. The average Bonchev–Trinajstić information content (AvgIpc) is 3.50. The van der Waals surface area contributed by atoms with Gasteiger partial charge in [0.1, 0.15) is 11.5 Å². The van der Waals surface area contributed by atoms with Crippen LogP contribution in [0.1, 0.15) is 10.4 Å². The molecule has 4 aromatic rings. The fraction of sp³-hybridized carbons (Fsp3) is 0.273. The topological polar surface area (TPSA) is 138 Å².